The zero-order chi connectivity index (χ0) is 24.2. The van der Waals surface area contributed by atoms with Gasteiger partial charge < -0.3 is 15.6 Å². The third-order valence-electron chi connectivity index (χ3n) is 5.27. The summed E-state index contributed by atoms with van der Waals surface area (Å²) < 4.78 is 31.5. The number of rotatable bonds is 9. The summed E-state index contributed by atoms with van der Waals surface area (Å²) in [6.07, 6.45) is 0.885. The van der Waals surface area contributed by atoms with Crippen molar-refractivity contribution < 1.29 is 23.1 Å². The minimum Gasteiger partial charge on any atom is -0.542 e. The minimum atomic E-state index is -5.19. The number of halogens is 4. The Kier molecular flexibility index (Phi) is 13.1. The van der Waals surface area contributed by atoms with E-state index in [1.165, 1.54) is 41.3 Å². The van der Waals surface area contributed by atoms with Crippen LogP contribution in [0.4, 0.5) is 13.2 Å². The Labute approximate surface area is 210 Å². The number of hydrogen-bond acceptors (Lipinski definition) is 3. The van der Waals surface area contributed by atoms with Crippen LogP contribution in [0.15, 0.2) is 91.0 Å². The van der Waals surface area contributed by atoms with Gasteiger partial charge in [-0.1, -0.05) is 61.0 Å². The van der Waals surface area contributed by atoms with Crippen molar-refractivity contribution in [2.75, 3.05) is 12.7 Å². The topological polar surface area (TPSA) is 66.2 Å². The Balaban J connectivity index is 0.000000633. The van der Waals surface area contributed by atoms with Crippen LogP contribution in [0.25, 0.3) is 0 Å². The molecule has 0 aliphatic carbocycles. The molecule has 0 amide bonds. The summed E-state index contributed by atoms with van der Waals surface area (Å²) in [4.78, 5) is 8.78. The standard InChI is InChI=1S/C24H29NP.C2HF3O2.BrH/c25-20-12-1-2-13-21-26(22-14-6-3-7-15-22,23-16-8-4-9-17-23)24-18-10-5-11-19-24;3-2(4,5)1(6)7;/h3-11,14-19H,1-2,12-13,20-21,25H2;(H,6,7);1H/q+1;;/p-1. The Bertz CT molecular complexity index is 861. The molecule has 0 saturated heterocycles. The van der Waals surface area contributed by atoms with E-state index in [4.69, 9.17) is 15.6 Å². The fourth-order valence-corrected chi connectivity index (χ4v) is 8.14. The molecule has 184 valence electrons. The molecule has 0 fully saturated rings. The number of aliphatic carboxylic acids is 1. The van der Waals surface area contributed by atoms with Crippen molar-refractivity contribution in [3.05, 3.63) is 91.0 Å². The van der Waals surface area contributed by atoms with E-state index in [0.717, 1.165) is 13.0 Å². The van der Waals surface area contributed by atoms with Gasteiger partial charge in [-0.05, 0) is 62.2 Å². The molecule has 0 atom stereocenters. The zero-order valence-corrected chi connectivity index (χ0v) is 21.4. The molecule has 8 heteroatoms. The highest BCUT2D eigenvalue weighted by Crippen LogP contribution is 2.55. The number of carbonyl (C=O) groups excluding carboxylic acids is 1. The molecule has 0 unspecified atom stereocenters. The Morgan fingerprint density at radius 1 is 0.706 bits per heavy atom. The predicted molar refractivity (Wildman–Crippen MR) is 139 cm³/mol. The highest BCUT2D eigenvalue weighted by Gasteiger charge is 2.44. The van der Waals surface area contributed by atoms with Crippen molar-refractivity contribution in [2.24, 2.45) is 5.73 Å². The van der Waals surface area contributed by atoms with Gasteiger partial charge in [-0.25, -0.2) is 0 Å². The number of carbonyl (C=O) groups is 1. The van der Waals surface area contributed by atoms with Crippen molar-refractivity contribution in [2.45, 2.75) is 31.9 Å². The molecule has 3 rings (SSSR count). The molecule has 3 aromatic carbocycles. The van der Waals surface area contributed by atoms with Crippen molar-refractivity contribution in [1.29, 1.82) is 0 Å². The summed E-state index contributed by atoms with van der Waals surface area (Å²) in [6.45, 7) is 0.802. The van der Waals surface area contributed by atoms with Gasteiger partial charge in [-0.15, -0.1) is 17.0 Å². The van der Waals surface area contributed by atoms with E-state index >= 15 is 0 Å². The summed E-state index contributed by atoms with van der Waals surface area (Å²) >= 11 is 0. The first-order chi connectivity index (χ1) is 15.8. The number of carboxylic acids is 1. The average Bonchev–Trinajstić information content (AvgIpc) is 2.83. The van der Waals surface area contributed by atoms with Gasteiger partial charge >= 0.3 is 6.18 Å². The quantitative estimate of drug-likeness (QED) is 0.315. The van der Waals surface area contributed by atoms with Crippen LogP contribution >= 0.6 is 24.2 Å². The van der Waals surface area contributed by atoms with Gasteiger partial charge in [0.25, 0.3) is 0 Å². The average molecular weight is 556 g/mol. The van der Waals surface area contributed by atoms with Gasteiger partial charge in [0.2, 0.25) is 0 Å². The van der Waals surface area contributed by atoms with E-state index in [1.54, 1.807) is 0 Å². The SMILES string of the molecule is Br.NCCCCCC[P+](c1ccccc1)(c1ccccc1)c1ccccc1.O=C([O-])C(F)(F)F. The summed E-state index contributed by atoms with van der Waals surface area (Å²) in [5.74, 6) is -3.01. The van der Waals surface area contributed by atoms with E-state index in [1.807, 2.05) is 0 Å². The summed E-state index contributed by atoms with van der Waals surface area (Å²) in [7, 11) is -1.63. The molecule has 3 aromatic rings. The maximum Gasteiger partial charge on any atom is 0.430 e. The van der Waals surface area contributed by atoms with Crippen LogP contribution in [-0.2, 0) is 4.79 Å². The van der Waals surface area contributed by atoms with E-state index in [-0.39, 0.29) is 17.0 Å². The second kappa shape index (κ2) is 14.9. The van der Waals surface area contributed by atoms with Crippen LogP contribution in [0, 0.1) is 0 Å². The van der Waals surface area contributed by atoms with Crippen LogP contribution in [0.1, 0.15) is 25.7 Å². The molecule has 0 aliphatic rings. The van der Waals surface area contributed by atoms with E-state index < -0.39 is 19.4 Å². The number of alkyl halides is 3. The number of unbranched alkanes of at least 4 members (excludes halogenated alkanes) is 3. The van der Waals surface area contributed by atoms with Gasteiger partial charge in [0, 0.05) is 0 Å². The fraction of sp³-hybridized carbons (Fsp3) is 0.269. The molecule has 0 heterocycles. The number of hydrogen-bond donors (Lipinski definition) is 1. The van der Waals surface area contributed by atoms with Crippen molar-refractivity contribution >= 4 is 46.1 Å². The lowest BCUT2D eigenvalue weighted by atomic mass is 10.2. The van der Waals surface area contributed by atoms with E-state index in [0.29, 0.717) is 0 Å². The lowest BCUT2D eigenvalue weighted by Gasteiger charge is -2.27. The zero-order valence-electron chi connectivity index (χ0n) is 18.8. The lowest BCUT2D eigenvalue weighted by molar-refractivity contribution is -0.344. The van der Waals surface area contributed by atoms with E-state index in [9.17, 15) is 13.2 Å². The van der Waals surface area contributed by atoms with E-state index in [2.05, 4.69) is 91.0 Å². The summed E-state index contributed by atoms with van der Waals surface area (Å²) in [5, 5.41) is 13.2. The first-order valence-electron chi connectivity index (χ1n) is 10.9. The minimum absolute atomic E-state index is 0. The molecular weight excluding hydrogens is 526 g/mol. The first-order valence-corrected chi connectivity index (χ1v) is 12.8. The molecule has 0 saturated carbocycles. The third-order valence-corrected chi connectivity index (χ3v) is 9.80. The van der Waals surface area contributed by atoms with Crippen LogP contribution in [-0.4, -0.2) is 24.9 Å². The largest absolute Gasteiger partial charge is 0.542 e. The smallest absolute Gasteiger partial charge is 0.430 e. The number of benzene rings is 3. The Hall–Kier alpha value is -2.21. The Morgan fingerprint density at radius 3 is 1.32 bits per heavy atom. The van der Waals surface area contributed by atoms with Crippen LogP contribution in [0.2, 0.25) is 0 Å². The molecule has 0 bridgehead atoms. The fourth-order valence-electron chi connectivity index (χ4n) is 3.73. The predicted octanol–water partition coefficient (Wildman–Crippen LogP) is 4.38. The third kappa shape index (κ3) is 8.53. The second-order valence-corrected chi connectivity index (χ2v) is 11.1. The highest BCUT2D eigenvalue weighted by molar-refractivity contribution is 8.93. The first kappa shape index (κ1) is 29.8. The molecule has 34 heavy (non-hydrogen) atoms. The highest BCUT2D eigenvalue weighted by atomic mass is 79.9. The van der Waals surface area contributed by atoms with Gasteiger partial charge in [0.1, 0.15) is 29.1 Å². The van der Waals surface area contributed by atoms with Crippen LogP contribution < -0.4 is 26.8 Å². The molecule has 0 aliphatic heterocycles. The van der Waals surface area contributed by atoms with Crippen LogP contribution in [0.3, 0.4) is 0 Å². The summed E-state index contributed by atoms with van der Waals surface area (Å²) in [6, 6.07) is 33.4. The van der Waals surface area contributed by atoms with Crippen molar-refractivity contribution in [3.63, 3.8) is 0 Å². The number of carboxylic acid groups (broad SMARTS) is 1. The van der Waals surface area contributed by atoms with Crippen LogP contribution in [0.5, 0.6) is 0 Å². The maximum absolute atomic E-state index is 10.5. The van der Waals surface area contributed by atoms with Gasteiger partial charge in [0.05, 0.1) is 6.16 Å². The monoisotopic (exact) mass is 555 g/mol. The molecule has 0 spiro atoms. The molecule has 0 aromatic heterocycles. The van der Waals surface area contributed by atoms with Gasteiger partial charge in [-0.3, -0.25) is 0 Å². The molecule has 2 N–H and O–H groups in total. The second-order valence-electron chi connectivity index (χ2n) is 7.53. The molecular formula is C26H30BrF3NO2P. The van der Waals surface area contributed by atoms with Gasteiger partial charge in [0.15, 0.2) is 0 Å². The summed E-state index contributed by atoms with van der Waals surface area (Å²) in [5.41, 5.74) is 5.68. The van der Waals surface area contributed by atoms with Gasteiger partial charge in [-0.2, -0.15) is 13.2 Å². The maximum atomic E-state index is 10.5. The Morgan fingerprint density at radius 2 is 1.03 bits per heavy atom. The normalized spacial score (nSPS) is 11.1. The molecule has 3 nitrogen and oxygen atoms in total. The number of nitrogens with two attached hydrogens (primary N) is 1. The molecule has 0 radical (unpaired) electrons. The van der Waals surface area contributed by atoms with Crippen molar-refractivity contribution in [1.82, 2.24) is 0 Å². The lowest BCUT2D eigenvalue weighted by Crippen LogP contribution is -2.37. The van der Waals surface area contributed by atoms with Crippen molar-refractivity contribution in [3.8, 4) is 0 Å².